The minimum atomic E-state index is -0.199. The Kier molecular flexibility index (Phi) is 3.11. The highest BCUT2D eigenvalue weighted by Gasteiger charge is 2.23. The van der Waals surface area contributed by atoms with E-state index < -0.39 is 0 Å². The highest BCUT2D eigenvalue weighted by molar-refractivity contribution is 5.43. The van der Waals surface area contributed by atoms with E-state index in [0.29, 0.717) is 6.04 Å². The van der Waals surface area contributed by atoms with Crippen molar-refractivity contribution in [3.8, 4) is 5.69 Å². The summed E-state index contributed by atoms with van der Waals surface area (Å²) in [6.45, 7) is 1.92. The molecule has 1 aliphatic rings. The Morgan fingerprint density at radius 1 is 1.42 bits per heavy atom. The largest absolute Gasteiger partial charge is 0.313 e. The van der Waals surface area contributed by atoms with Crippen LogP contribution < -0.4 is 5.32 Å². The van der Waals surface area contributed by atoms with Crippen LogP contribution in [0.3, 0.4) is 0 Å². The van der Waals surface area contributed by atoms with Crippen molar-refractivity contribution in [1.82, 2.24) is 15.1 Å². The van der Waals surface area contributed by atoms with Crippen molar-refractivity contribution in [1.29, 1.82) is 0 Å². The lowest BCUT2D eigenvalue weighted by molar-refractivity contribution is 0.490. The lowest BCUT2D eigenvalue weighted by atomic mass is 9.93. The van der Waals surface area contributed by atoms with Gasteiger partial charge in [-0.2, -0.15) is 5.10 Å². The van der Waals surface area contributed by atoms with Gasteiger partial charge in [0.25, 0.3) is 0 Å². The Morgan fingerprint density at radius 3 is 3.00 bits per heavy atom. The Balaban J connectivity index is 2.09. The fourth-order valence-electron chi connectivity index (χ4n) is 2.92. The molecule has 0 saturated carbocycles. The van der Waals surface area contributed by atoms with Crippen LogP contribution in [-0.4, -0.2) is 16.8 Å². The molecular formula is C15H18FN3. The third-order valence-electron chi connectivity index (χ3n) is 3.92. The van der Waals surface area contributed by atoms with Crippen molar-refractivity contribution < 1.29 is 4.39 Å². The molecule has 0 amide bonds. The summed E-state index contributed by atoms with van der Waals surface area (Å²) in [7, 11) is 1.99. The van der Waals surface area contributed by atoms with Crippen LogP contribution in [0.1, 0.15) is 35.7 Å². The lowest BCUT2D eigenvalue weighted by Crippen LogP contribution is -2.21. The lowest BCUT2D eigenvalue weighted by Gasteiger charge is -2.22. The summed E-state index contributed by atoms with van der Waals surface area (Å²) in [6, 6.07) is 5.25. The molecule has 1 aromatic carbocycles. The second-order valence-corrected chi connectivity index (χ2v) is 5.12. The highest BCUT2D eigenvalue weighted by atomic mass is 19.1. The van der Waals surface area contributed by atoms with E-state index in [-0.39, 0.29) is 5.82 Å². The number of benzene rings is 1. The minimum Gasteiger partial charge on any atom is -0.313 e. The highest BCUT2D eigenvalue weighted by Crippen LogP contribution is 2.31. The predicted molar refractivity (Wildman–Crippen MR) is 73.0 cm³/mol. The third kappa shape index (κ3) is 2.06. The maximum atomic E-state index is 13.2. The van der Waals surface area contributed by atoms with Gasteiger partial charge in [0, 0.05) is 17.3 Å². The van der Waals surface area contributed by atoms with Crippen molar-refractivity contribution in [3.63, 3.8) is 0 Å². The van der Waals surface area contributed by atoms with Crippen LogP contribution in [0.25, 0.3) is 5.69 Å². The van der Waals surface area contributed by atoms with Gasteiger partial charge in [0.05, 0.1) is 11.9 Å². The number of aryl methyl sites for hydroxylation is 1. The number of aromatic nitrogens is 2. The molecule has 0 saturated heterocycles. The number of nitrogens with zero attached hydrogens (tertiary/aromatic N) is 2. The number of fused-ring (bicyclic) bond motifs is 1. The smallest absolute Gasteiger partial charge is 0.123 e. The maximum absolute atomic E-state index is 13.2. The number of halogens is 1. The molecule has 0 fully saturated rings. The molecule has 1 N–H and O–H groups in total. The van der Waals surface area contributed by atoms with E-state index in [1.807, 2.05) is 24.9 Å². The Labute approximate surface area is 112 Å². The Hall–Kier alpha value is -1.68. The van der Waals surface area contributed by atoms with E-state index in [9.17, 15) is 4.39 Å². The van der Waals surface area contributed by atoms with Crippen molar-refractivity contribution >= 4 is 0 Å². The molecular weight excluding hydrogens is 241 g/mol. The molecule has 19 heavy (non-hydrogen) atoms. The number of rotatable bonds is 2. The maximum Gasteiger partial charge on any atom is 0.123 e. The van der Waals surface area contributed by atoms with Gasteiger partial charge in [-0.15, -0.1) is 0 Å². The molecule has 0 bridgehead atoms. The summed E-state index contributed by atoms with van der Waals surface area (Å²) in [5, 5.41) is 7.85. The van der Waals surface area contributed by atoms with E-state index >= 15 is 0 Å². The Morgan fingerprint density at radius 2 is 2.26 bits per heavy atom. The first-order valence-electron chi connectivity index (χ1n) is 6.71. The molecule has 0 aliphatic heterocycles. The van der Waals surface area contributed by atoms with Crippen LogP contribution in [0.5, 0.6) is 0 Å². The summed E-state index contributed by atoms with van der Waals surface area (Å²) in [6.07, 6.45) is 5.28. The van der Waals surface area contributed by atoms with Crippen LogP contribution in [-0.2, 0) is 6.42 Å². The number of hydrogen-bond donors (Lipinski definition) is 1. The fraction of sp³-hybridized carbons (Fsp3) is 0.400. The molecule has 0 spiro atoms. The average Bonchev–Trinajstić information content (AvgIpc) is 2.82. The number of hydrogen-bond acceptors (Lipinski definition) is 2. The molecule has 2 aromatic rings. The molecule has 1 heterocycles. The first-order chi connectivity index (χ1) is 9.20. The molecule has 4 heteroatoms. The monoisotopic (exact) mass is 259 g/mol. The van der Waals surface area contributed by atoms with Gasteiger partial charge in [0.15, 0.2) is 0 Å². The standard InChI is InChI=1S/C15H18FN3/c1-10-8-11(16)6-7-14(10)19-15-5-3-4-13(17-2)12(15)9-18-19/h6-9,13,17H,3-5H2,1-2H3. The summed E-state index contributed by atoms with van der Waals surface area (Å²) in [5.41, 5.74) is 4.41. The van der Waals surface area contributed by atoms with E-state index in [1.165, 1.54) is 17.3 Å². The minimum absolute atomic E-state index is 0.199. The van der Waals surface area contributed by atoms with Crippen LogP contribution in [0, 0.1) is 12.7 Å². The Bertz CT molecular complexity index is 603. The quantitative estimate of drug-likeness (QED) is 0.898. The predicted octanol–water partition coefficient (Wildman–Crippen LogP) is 2.92. The summed E-state index contributed by atoms with van der Waals surface area (Å²) in [5.74, 6) is -0.199. The van der Waals surface area contributed by atoms with Crippen LogP contribution in [0.4, 0.5) is 4.39 Å². The van der Waals surface area contributed by atoms with Gasteiger partial charge in [-0.3, -0.25) is 0 Å². The number of nitrogens with one attached hydrogen (secondary N) is 1. The molecule has 3 rings (SSSR count). The van der Waals surface area contributed by atoms with Crippen molar-refractivity contribution in [2.45, 2.75) is 32.2 Å². The first-order valence-corrected chi connectivity index (χ1v) is 6.71. The molecule has 100 valence electrons. The third-order valence-corrected chi connectivity index (χ3v) is 3.92. The summed E-state index contributed by atoms with van der Waals surface area (Å²) < 4.78 is 15.2. The van der Waals surface area contributed by atoms with Gasteiger partial charge < -0.3 is 5.32 Å². The molecule has 0 radical (unpaired) electrons. The van der Waals surface area contributed by atoms with Gasteiger partial charge in [0.2, 0.25) is 0 Å². The zero-order valence-electron chi connectivity index (χ0n) is 11.3. The van der Waals surface area contributed by atoms with Gasteiger partial charge in [-0.1, -0.05) is 0 Å². The van der Waals surface area contributed by atoms with Gasteiger partial charge in [0.1, 0.15) is 5.82 Å². The van der Waals surface area contributed by atoms with Crippen LogP contribution >= 0.6 is 0 Å². The molecule has 1 aliphatic carbocycles. The van der Waals surface area contributed by atoms with E-state index in [2.05, 4.69) is 10.4 Å². The second kappa shape index (κ2) is 4.78. The van der Waals surface area contributed by atoms with Crippen molar-refractivity contribution in [3.05, 3.63) is 47.0 Å². The zero-order chi connectivity index (χ0) is 13.4. The average molecular weight is 259 g/mol. The van der Waals surface area contributed by atoms with Crippen molar-refractivity contribution in [2.75, 3.05) is 7.05 Å². The molecule has 1 unspecified atom stereocenters. The fourth-order valence-corrected chi connectivity index (χ4v) is 2.92. The van der Waals surface area contributed by atoms with Gasteiger partial charge in [-0.25, -0.2) is 9.07 Å². The molecule has 1 aromatic heterocycles. The summed E-state index contributed by atoms with van der Waals surface area (Å²) in [4.78, 5) is 0. The van der Waals surface area contributed by atoms with Gasteiger partial charge >= 0.3 is 0 Å². The van der Waals surface area contributed by atoms with E-state index in [1.54, 1.807) is 12.1 Å². The van der Waals surface area contributed by atoms with E-state index in [4.69, 9.17) is 0 Å². The van der Waals surface area contributed by atoms with Crippen LogP contribution in [0.15, 0.2) is 24.4 Å². The first kappa shape index (κ1) is 12.4. The normalized spacial score (nSPS) is 18.4. The second-order valence-electron chi connectivity index (χ2n) is 5.12. The van der Waals surface area contributed by atoms with Gasteiger partial charge in [-0.05, 0) is 57.0 Å². The summed E-state index contributed by atoms with van der Waals surface area (Å²) >= 11 is 0. The topological polar surface area (TPSA) is 29.9 Å². The zero-order valence-corrected chi connectivity index (χ0v) is 11.3. The SMILES string of the molecule is CNC1CCCc2c1cnn2-c1ccc(F)cc1C. The molecule has 1 atom stereocenters. The van der Waals surface area contributed by atoms with E-state index in [0.717, 1.165) is 30.5 Å². The molecule has 3 nitrogen and oxygen atoms in total. The van der Waals surface area contributed by atoms with Crippen LogP contribution in [0.2, 0.25) is 0 Å². The van der Waals surface area contributed by atoms with Crippen molar-refractivity contribution in [2.24, 2.45) is 0 Å².